The molecule has 0 saturated heterocycles. The number of nitrogens with one attached hydrogen (secondary N) is 2. The van der Waals surface area contributed by atoms with Gasteiger partial charge in [0, 0.05) is 36.9 Å². The Kier molecular flexibility index (Phi) is 5.87. The number of pyridine rings is 4. The maximum absolute atomic E-state index is 13.0. The molecule has 32 heavy (non-hydrogen) atoms. The molecular formula is C24H26N6O2. The number of fused-ring (bicyclic) bond motifs is 1. The zero-order valence-corrected chi connectivity index (χ0v) is 18.3. The lowest BCUT2D eigenvalue weighted by molar-refractivity contribution is 0.274. The zero-order valence-electron chi connectivity index (χ0n) is 18.3. The Hall–Kier alpha value is -3.78. The summed E-state index contributed by atoms with van der Waals surface area (Å²) in [5.74, 6) is 1.70. The molecule has 3 N–H and O–H groups in total. The third-order valence-corrected chi connectivity index (χ3v) is 4.82. The van der Waals surface area contributed by atoms with E-state index >= 15 is 0 Å². The predicted octanol–water partition coefficient (Wildman–Crippen LogP) is 3.80. The molecule has 164 valence electrons. The molecule has 0 radical (unpaired) electrons. The van der Waals surface area contributed by atoms with E-state index in [1.165, 1.54) is 4.57 Å². The molecule has 0 spiro atoms. The van der Waals surface area contributed by atoms with Crippen LogP contribution in [0.4, 0.5) is 17.5 Å². The van der Waals surface area contributed by atoms with E-state index in [1.807, 2.05) is 57.2 Å². The van der Waals surface area contributed by atoms with Gasteiger partial charge >= 0.3 is 0 Å². The van der Waals surface area contributed by atoms with Crippen LogP contribution < -0.4 is 16.2 Å². The van der Waals surface area contributed by atoms with Crippen molar-refractivity contribution in [3.8, 4) is 11.1 Å². The summed E-state index contributed by atoms with van der Waals surface area (Å²) in [6.07, 6.45) is 6.93. The van der Waals surface area contributed by atoms with Gasteiger partial charge in [-0.1, -0.05) is 0 Å². The van der Waals surface area contributed by atoms with Crippen molar-refractivity contribution in [2.24, 2.45) is 0 Å². The van der Waals surface area contributed by atoms with E-state index in [2.05, 4.69) is 20.6 Å². The van der Waals surface area contributed by atoms with Crippen LogP contribution in [0, 0.1) is 0 Å². The first kappa shape index (κ1) is 21.5. The van der Waals surface area contributed by atoms with Crippen LogP contribution in [0.2, 0.25) is 0 Å². The maximum Gasteiger partial charge on any atom is 0.262 e. The van der Waals surface area contributed by atoms with Crippen LogP contribution in [0.1, 0.15) is 20.8 Å². The Morgan fingerprint density at radius 2 is 1.75 bits per heavy atom. The Morgan fingerprint density at radius 3 is 2.47 bits per heavy atom. The van der Waals surface area contributed by atoms with Crippen LogP contribution >= 0.6 is 0 Å². The van der Waals surface area contributed by atoms with Crippen molar-refractivity contribution in [1.29, 1.82) is 0 Å². The van der Waals surface area contributed by atoms with Crippen LogP contribution in [0.5, 0.6) is 0 Å². The highest BCUT2D eigenvalue weighted by Gasteiger charge is 2.17. The minimum absolute atomic E-state index is 0.111. The molecule has 8 heteroatoms. The summed E-state index contributed by atoms with van der Waals surface area (Å²) < 4.78 is 1.49. The smallest absolute Gasteiger partial charge is 0.262 e. The van der Waals surface area contributed by atoms with Gasteiger partial charge in [-0.3, -0.25) is 9.78 Å². The molecule has 0 saturated carbocycles. The summed E-state index contributed by atoms with van der Waals surface area (Å²) in [4.78, 5) is 26.2. The molecule has 4 aromatic heterocycles. The fraction of sp³-hybridized carbons (Fsp3) is 0.250. The van der Waals surface area contributed by atoms with Crippen molar-refractivity contribution < 1.29 is 5.11 Å². The van der Waals surface area contributed by atoms with Crippen LogP contribution in [0.15, 0.2) is 66.0 Å². The molecule has 0 unspecified atom stereocenters. The Labute approximate surface area is 186 Å². The predicted molar refractivity (Wildman–Crippen MR) is 127 cm³/mol. The van der Waals surface area contributed by atoms with Gasteiger partial charge in [-0.2, -0.15) is 0 Å². The molecule has 0 aliphatic heterocycles. The molecular weight excluding hydrogens is 404 g/mol. The molecule has 4 heterocycles. The minimum atomic E-state index is -0.303. The minimum Gasteiger partial charge on any atom is -0.395 e. The summed E-state index contributed by atoms with van der Waals surface area (Å²) in [6.45, 7) is 6.15. The first-order valence-electron chi connectivity index (χ1n) is 10.4. The van der Waals surface area contributed by atoms with E-state index in [1.54, 1.807) is 24.8 Å². The van der Waals surface area contributed by atoms with Gasteiger partial charge in [0.2, 0.25) is 0 Å². The molecule has 0 fully saturated rings. The van der Waals surface area contributed by atoms with Gasteiger partial charge < -0.3 is 20.3 Å². The second-order valence-electron chi connectivity index (χ2n) is 8.52. The number of aliphatic hydroxyl groups is 1. The molecule has 0 aliphatic carbocycles. The molecule has 0 atom stereocenters. The number of rotatable bonds is 6. The quantitative estimate of drug-likeness (QED) is 0.427. The SMILES string of the molecule is CC(C)(C)Nc1nc(Nc2cc(-c3ccncc3)ccn2)cc2ccn(CCO)c(=O)c12. The lowest BCUT2D eigenvalue weighted by Crippen LogP contribution is -2.29. The van der Waals surface area contributed by atoms with E-state index < -0.39 is 0 Å². The molecule has 0 aliphatic rings. The monoisotopic (exact) mass is 430 g/mol. The second kappa shape index (κ2) is 8.76. The highest BCUT2D eigenvalue weighted by atomic mass is 16.3. The highest BCUT2D eigenvalue weighted by Crippen LogP contribution is 2.27. The largest absolute Gasteiger partial charge is 0.395 e. The Balaban J connectivity index is 1.77. The van der Waals surface area contributed by atoms with Crippen molar-refractivity contribution in [3.05, 3.63) is 71.5 Å². The average Bonchev–Trinajstić information content (AvgIpc) is 2.75. The summed E-state index contributed by atoms with van der Waals surface area (Å²) in [7, 11) is 0. The molecule has 0 bridgehead atoms. The zero-order chi connectivity index (χ0) is 22.7. The molecule has 0 amide bonds. The van der Waals surface area contributed by atoms with Gasteiger partial charge in [0.25, 0.3) is 5.56 Å². The van der Waals surface area contributed by atoms with Gasteiger partial charge in [0.1, 0.15) is 17.5 Å². The third-order valence-electron chi connectivity index (χ3n) is 4.82. The fourth-order valence-corrected chi connectivity index (χ4v) is 3.45. The van der Waals surface area contributed by atoms with Crippen LogP contribution in [-0.4, -0.2) is 36.8 Å². The maximum atomic E-state index is 13.0. The van der Waals surface area contributed by atoms with E-state index in [0.717, 1.165) is 16.5 Å². The number of anilines is 3. The number of nitrogens with zero attached hydrogens (tertiary/aromatic N) is 4. The van der Waals surface area contributed by atoms with Crippen LogP contribution in [0.25, 0.3) is 21.9 Å². The molecule has 8 nitrogen and oxygen atoms in total. The van der Waals surface area contributed by atoms with Gasteiger partial charge in [-0.05, 0) is 73.7 Å². The summed E-state index contributed by atoms with van der Waals surface area (Å²) in [5, 5.41) is 17.1. The fourth-order valence-electron chi connectivity index (χ4n) is 3.45. The first-order valence-corrected chi connectivity index (χ1v) is 10.4. The number of hydrogen-bond acceptors (Lipinski definition) is 7. The van der Waals surface area contributed by atoms with Gasteiger partial charge in [0.15, 0.2) is 0 Å². The second-order valence-corrected chi connectivity index (χ2v) is 8.52. The van der Waals surface area contributed by atoms with Crippen molar-refractivity contribution in [3.63, 3.8) is 0 Å². The average molecular weight is 431 g/mol. The number of hydrogen-bond donors (Lipinski definition) is 3. The topological polar surface area (TPSA) is 105 Å². The normalized spacial score (nSPS) is 11.5. The molecule has 4 rings (SSSR count). The Bertz CT molecular complexity index is 1300. The first-order chi connectivity index (χ1) is 15.3. The summed E-state index contributed by atoms with van der Waals surface area (Å²) >= 11 is 0. The molecule has 4 aromatic rings. The van der Waals surface area contributed by atoms with Crippen LogP contribution in [-0.2, 0) is 6.54 Å². The van der Waals surface area contributed by atoms with Crippen molar-refractivity contribution in [2.75, 3.05) is 17.2 Å². The van der Waals surface area contributed by atoms with E-state index in [4.69, 9.17) is 4.98 Å². The lowest BCUT2D eigenvalue weighted by atomic mass is 10.1. The number of aliphatic hydroxyl groups excluding tert-OH is 1. The van der Waals surface area contributed by atoms with Crippen molar-refractivity contribution in [2.45, 2.75) is 32.9 Å². The van der Waals surface area contributed by atoms with Crippen LogP contribution in [0.3, 0.4) is 0 Å². The van der Waals surface area contributed by atoms with Crippen molar-refractivity contribution in [1.82, 2.24) is 19.5 Å². The van der Waals surface area contributed by atoms with E-state index in [0.29, 0.717) is 22.8 Å². The van der Waals surface area contributed by atoms with Gasteiger partial charge in [0.05, 0.1) is 12.0 Å². The highest BCUT2D eigenvalue weighted by molar-refractivity contribution is 5.93. The number of aromatic nitrogens is 4. The molecule has 0 aromatic carbocycles. The van der Waals surface area contributed by atoms with E-state index in [9.17, 15) is 9.90 Å². The van der Waals surface area contributed by atoms with Gasteiger partial charge in [-0.25, -0.2) is 9.97 Å². The van der Waals surface area contributed by atoms with Crippen molar-refractivity contribution >= 4 is 28.2 Å². The standard InChI is InChI=1S/C24H26N6O2/c1-24(2,3)29-22-21-18(7-11-30(12-13-31)23(21)32)15-20(28-22)27-19-14-17(6-10-26-19)16-4-8-25-9-5-16/h4-11,14-15,31H,12-13H2,1-3H3,(H2,26,27,28,29). The summed E-state index contributed by atoms with van der Waals surface area (Å²) in [5.41, 5.74) is 1.55. The van der Waals surface area contributed by atoms with E-state index in [-0.39, 0.29) is 24.2 Å². The lowest BCUT2D eigenvalue weighted by Gasteiger charge is -2.23. The summed E-state index contributed by atoms with van der Waals surface area (Å²) in [6, 6.07) is 11.4. The van der Waals surface area contributed by atoms with Gasteiger partial charge in [-0.15, -0.1) is 0 Å². The Morgan fingerprint density at radius 1 is 1.00 bits per heavy atom. The third kappa shape index (κ3) is 4.76.